The lowest BCUT2D eigenvalue weighted by Gasteiger charge is -2.12. The van der Waals surface area contributed by atoms with E-state index in [0.717, 1.165) is 12.5 Å². The number of rotatable bonds is 6. The van der Waals surface area contributed by atoms with Crippen LogP contribution in [0.4, 0.5) is 14.5 Å². The zero-order valence-corrected chi connectivity index (χ0v) is 12.8. The fourth-order valence-electron chi connectivity index (χ4n) is 1.34. The molecule has 3 nitrogen and oxygen atoms in total. The molecule has 106 valence electrons. The van der Waals surface area contributed by atoms with Crippen molar-refractivity contribution in [3.05, 3.63) is 28.2 Å². The molecule has 0 fully saturated rings. The Morgan fingerprint density at radius 1 is 1.42 bits per heavy atom. The minimum atomic E-state index is -0.703. The van der Waals surface area contributed by atoms with E-state index in [4.69, 9.17) is 17.0 Å². The quantitative estimate of drug-likeness (QED) is 0.606. The summed E-state index contributed by atoms with van der Waals surface area (Å²) in [6.07, 6.45) is 0.794. The van der Waals surface area contributed by atoms with Gasteiger partial charge in [-0.3, -0.25) is 0 Å². The SMILES string of the molecule is CCOCCCNC(=S)Nc1c(F)cc(F)cc1Br. The monoisotopic (exact) mass is 352 g/mol. The van der Waals surface area contributed by atoms with Crippen LogP contribution < -0.4 is 10.6 Å². The van der Waals surface area contributed by atoms with Crippen LogP contribution in [0.1, 0.15) is 13.3 Å². The number of thiocarbonyl (C=S) groups is 1. The highest BCUT2D eigenvalue weighted by atomic mass is 79.9. The van der Waals surface area contributed by atoms with Gasteiger partial charge in [0.2, 0.25) is 0 Å². The summed E-state index contributed by atoms with van der Waals surface area (Å²) in [7, 11) is 0. The lowest BCUT2D eigenvalue weighted by atomic mass is 10.3. The molecule has 0 aromatic heterocycles. The van der Waals surface area contributed by atoms with Crippen molar-refractivity contribution < 1.29 is 13.5 Å². The molecule has 0 saturated carbocycles. The van der Waals surface area contributed by atoms with Gasteiger partial charge in [0.15, 0.2) is 10.9 Å². The highest BCUT2D eigenvalue weighted by molar-refractivity contribution is 9.10. The summed E-state index contributed by atoms with van der Waals surface area (Å²) in [4.78, 5) is 0. The Morgan fingerprint density at radius 3 is 2.79 bits per heavy atom. The number of benzene rings is 1. The molecule has 19 heavy (non-hydrogen) atoms. The molecule has 2 N–H and O–H groups in total. The van der Waals surface area contributed by atoms with E-state index in [1.165, 1.54) is 6.07 Å². The smallest absolute Gasteiger partial charge is 0.170 e. The molecule has 0 radical (unpaired) electrons. The minimum absolute atomic E-state index is 0.115. The van der Waals surface area contributed by atoms with Crippen molar-refractivity contribution in [2.45, 2.75) is 13.3 Å². The van der Waals surface area contributed by atoms with Crippen LogP contribution in [0.3, 0.4) is 0 Å². The molecule has 1 aromatic carbocycles. The number of hydrogen-bond acceptors (Lipinski definition) is 2. The van der Waals surface area contributed by atoms with Gasteiger partial charge in [-0.15, -0.1) is 0 Å². The highest BCUT2D eigenvalue weighted by Gasteiger charge is 2.10. The van der Waals surface area contributed by atoms with Crippen molar-refractivity contribution in [2.75, 3.05) is 25.1 Å². The average molecular weight is 353 g/mol. The third-order valence-electron chi connectivity index (χ3n) is 2.20. The van der Waals surface area contributed by atoms with Crippen LogP contribution in [0.15, 0.2) is 16.6 Å². The van der Waals surface area contributed by atoms with Crippen molar-refractivity contribution in [3.8, 4) is 0 Å². The van der Waals surface area contributed by atoms with Gasteiger partial charge < -0.3 is 15.4 Å². The first-order valence-corrected chi connectivity index (χ1v) is 7.02. The second-order valence-electron chi connectivity index (χ2n) is 3.68. The van der Waals surface area contributed by atoms with E-state index in [-0.39, 0.29) is 15.3 Å². The predicted octanol–water partition coefficient (Wildman–Crippen LogP) is 3.44. The molecule has 0 aliphatic rings. The normalized spacial score (nSPS) is 10.3. The van der Waals surface area contributed by atoms with Crippen molar-refractivity contribution in [2.24, 2.45) is 0 Å². The first kappa shape index (κ1) is 16.3. The topological polar surface area (TPSA) is 33.3 Å². The first-order chi connectivity index (χ1) is 9.04. The Labute approximate surface area is 124 Å². The van der Waals surface area contributed by atoms with Gasteiger partial charge in [-0.25, -0.2) is 8.78 Å². The van der Waals surface area contributed by atoms with Crippen molar-refractivity contribution in [1.82, 2.24) is 5.32 Å². The Kier molecular flexibility index (Phi) is 7.19. The van der Waals surface area contributed by atoms with E-state index >= 15 is 0 Å². The Morgan fingerprint density at radius 2 is 2.16 bits per heavy atom. The molecule has 0 saturated heterocycles. The molecule has 0 heterocycles. The zero-order valence-electron chi connectivity index (χ0n) is 10.4. The van der Waals surface area contributed by atoms with Crippen LogP contribution in [-0.4, -0.2) is 24.9 Å². The van der Waals surface area contributed by atoms with Gasteiger partial charge in [-0.2, -0.15) is 0 Å². The van der Waals surface area contributed by atoms with E-state index < -0.39 is 11.6 Å². The van der Waals surface area contributed by atoms with E-state index in [9.17, 15) is 8.78 Å². The zero-order chi connectivity index (χ0) is 14.3. The fraction of sp³-hybridized carbons (Fsp3) is 0.417. The summed E-state index contributed by atoms with van der Waals surface area (Å²) in [5.41, 5.74) is 0.115. The third-order valence-corrected chi connectivity index (χ3v) is 3.07. The summed E-state index contributed by atoms with van der Waals surface area (Å²) in [6.45, 7) is 3.86. The molecular formula is C12H15BrF2N2OS. The molecule has 0 aliphatic heterocycles. The van der Waals surface area contributed by atoms with Crippen LogP contribution in [0.2, 0.25) is 0 Å². The van der Waals surface area contributed by atoms with Crippen LogP contribution in [0, 0.1) is 11.6 Å². The molecule has 0 aliphatic carbocycles. The van der Waals surface area contributed by atoms with Crippen LogP contribution in [-0.2, 0) is 4.74 Å². The maximum Gasteiger partial charge on any atom is 0.170 e. The van der Waals surface area contributed by atoms with E-state index in [1.807, 2.05) is 6.92 Å². The number of nitrogens with one attached hydrogen (secondary N) is 2. The van der Waals surface area contributed by atoms with Gasteiger partial charge in [-0.1, -0.05) is 0 Å². The molecule has 0 bridgehead atoms. The Balaban J connectivity index is 2.44. The highest BCUT2D eigenvalue weighted by Crippen LogP contribution is 2.26. The standard InChI is InChI=1S/C12H15BrF2N2OS/c1-2-18-5-3-4-16-12(19)17-11-9(13)6-8(14)7-10(11)15/h6-7H,2-5H2,1H3,(H2,16,17,19). The van der Waals surface area contributed by atoms with Crippen LogP contribution in [0.25, 0.3) is 0 Å². The van der Waals surface area contributed by atoms with E-state index in [0.29, 0.717) is 19.8 Å². The van der Waals surface area contributed by atoms with Crippen molar-refractivity contribution >= 4 is 38.9 Å². The first-order valence-electron chi connectivity index (χ1n) is 5.81. The summed E-state index contributed by atoms with van der Waals surface area (Å²) >= 11 is 8.10. The Hall–Kier alpha value is -0.790. The second-order valence-corrected chi connectivity index (χ2v) is 4.94. The maximum absolute atomic E-state index is 13.5. The Bertz CT molecular complexity index is 423. The predicted molar refractivity (Wildman–Crippen MR) is 79.4 cm³/mol. The largest absolute Gasteiger partial charge is 0.382 e. The lowest BCUT2D eigenvalue weighted by molar-refractivity contribution is 0.146. The van der Waals surface area contributed by atoms with Crippen molar-refractivity contribution in [3.63, 3.8) is 0 Å². The molecule has 1 aromatic rings. The number of anilines is 1. The molecule has 0 amide bonds. The lowest BCUT2D eigenvalue weighted by Crippen LogP contribution is -2.30. The molecule has 0 unspecified atom stereocenters. The molecule has 1 rings (SSSR count). The van der Waals surface area contributed by atoms with Crippen LogP contribution >= 0.6 is 28.1 Å². The van der Waals surface area contributed by atoms with E-state index in [1.54, 1.807) is 0 Å². The van der Waals surface area contributed by atoms with Crippen LogP contribution in [0.5, 0.6) is 0 Å². The van der Waals surface area contributed by atoms with Gasteiger partial charge in [0.05, 0.1) is 5.69 Å². The average Bonchev–Trinajstić information content (AvgIpc) is 2.33. The molecule has 7 heteroatoms. The molecule has 0 spiro atoms. The van der Waals surface area contributed by atoms with Gasteiger partial charge in [0.25, 0.3) is 0 Å². The number of hydrogen-bond donors (Lipinski definition) is 2. The summed E-state index contributed by atoms with van der Waals surface area (Å²) in [5, 5.41) is 5.89. The van der Waals surface area contributed by atoms with Gasteiger partial charge >= 0.3 is 0 Å². The summed E-state index contributed by atoms with van der Waals surface area (Å²) in [6, 6.07) is 1.97. The summed E-state index contributed by atoms with van der Waals surface area (Å²) < 4.78 is 31.9. The van der Waals surface area contributed by atoms with Crippen molar-refractivity contribution in [1.29, 1.82) is 0 Å². The van der Waals surface area contributed by atoms with Gasteiger partial charge in [-0.05, 0) is 47.6 Å². The fourth-order valence-corrected chi connectivity index (χ4v) is 2.05. The van der Waals surface area contributed by atoms with Gasteiger partial charge in [0, 0.05) is 30.3 Å². The summed E-state index contributed by atoms with van der Waals surface area (Å²) in [5.74, 6) is -1.35. The number of halogens is 3. The van der Waals surface area contributed by atoms with Gasteiger partial charge in [0.1, 0.15) is 5.82 Å². The number of ether oxygens (including phenoxy) is 1. The molecular weight excluding hydrogens is 338 g/mol. The van der Waals surface area contributed by atoms with E-state index in [2.05, 4.69) is 26.6 Å². The molecule has 0 atom stereocenters. The second kappa shape index (κ2) is 8.39. The maximum atomic E-state index is 13.5. The third kappa shape index (κ3) is 5.80. The minimum Gasteiger partial charge on any atom is -0.382 e.